The Hall–Kier alpha value is -2.16. The predicted molar refractivity (Wildman–Crippen MR) is 87.6 cm³/mol. The van der Waals surface area contributed by atoms with Crippen molar-refractivity contribution in [3.05, 3.63) is 65.5 Å². The highest BCUT2D eigenvalue weighted by atomic mass is 16.2. The molecule has 1 aliphatic carbocycles. The topological polar surface area (TPSA) is 33.2 Å². The van der Waals surface area contributed by atoms with Gasteiger partial charge in [0, 0.05) is 31.9 Å². The van der Waals surface area contributed by atoms with E-state index in [2.05, 4.69) is 29.2 Å². The molecule has 3 heteroatoms. The van der Waals surface area contributed by atoms with Crippen molar-refractivity contribution in [3.8, 4) is 0 Å². The van der Waals surface area contributed by atoms with Gasteiger partial charge in [-0.15, -0.1) is 0 Å². The van der Waals surface area contributed by atoms with E-state index in [1.807, 2.05) is 30.3 Å². The van der Waals surface area contributed by atoms with Crippen LogP contribution in [0.25, 0.3) is 0 Å². The van der Waals surface area contributed by atoms with E-state index in [9.17, 15) is 4.79 Å². The summed E-state index contributed by atoms with van der Waals surface area (Å²) in [5, 5.41) is 0. The third kappa shape index (κ3) is 3.35. The summed E-state index contributed by atoms with van der Waals surface area (Å²) >= 11 is 0. The van der Waals surface area contributed by atoms with Crippen LogP contribution in [0.2, 0.25) is 0 Å². The van der Waals surface area contributed by atoms with Gasteiger partial charge in [-0.25, -0.2) is 0 Å². The van der Waals surface area contributed by atoms with E-state index in [-0.39, 0.29) is 5.91 Å². The van der Waals surface area contributed by atoms with Crippen molar-refractivity contribution < 1.29 is 4.79 Å². The first kappa shape index (κ1) is 14.8. The van der Waals surface area contributed by atoms with Crippen molar-refractivity contribution in [2.45, 2.75) is 38.1 Å². The zero-order chi connectivity index (χ0) is 15.4. The van der Waals surface area contributed by atoms with Gasteiger partial charge in [-0.1, -0.05) is 30.3 Å². The Morgan fingerprint density at radius 2 is 2.05 bits per heavy atom. The van der Waals surface area contributed by atoms with Crippen LogP contribution in [0.1, 0.15) is 29.5 Å². The fraction of sp³-hybridized carbons (Fsp3) is 0.368. The number of aromatic nitrogens is 1. The summed E-state index contributed by atoms with van der Waals surface area (Å²) in [4.78, 5) is 18.5. The predicted octanol–water partition coefficient (Wildman–Crippen LogP) is 3.03. The number of amides is 1. The minimum Gasteiger partial charge on any atom is -0.342 e. The number of rotatable bonds is 4. The fourth-order valence-electron chi connectivity index (χ4n) is 3.19. The number of nitrogens with zero attached hydrogens (tertiary/aromatic N) is 2. The number of carbonyl (C=O) groups excluding carboxylic acids is 1. The van der Waals surface area contributed by atoms with Crippen LogP contribution in [0.3, 0.4) is 0 Å². The monoisotopic (exact) mass is 294 g/mol. The lowest BCUT2D eigenvalue weighted by Crippen LogP contribution is -2.40. The molecule has 0 radical (unpaired) electrons. The lowest BCUT2D eigenvalue weighted by atomic mass is 9.87. The zero-order valence-corrected chi connectivity index (χ0v) is 13.0. The Bertz CT molecular complexity index is 639. The number of fused-ring (bicyclic) bond motifs is 1. The molecule has 1 amide bonds. The highest BCUT2D eigenvalue weighted by Gasteiger charge is 2.24. The van der Waals surface area contributed by atoms with Crippen molar-refractivity contribution in [1.82, 2.24) is 9.88 Å². The molecule has 114 valence electrons. The highest BCUT2D eigenvalue weighted by Crippen LogP contribution is 2.24. The van der Waals surface area contributed by atoms with E-state index in [1.165, 1.54) is 11.1 Å². The molecule has 0 spiro atoms. The van der Waals surface area contributed by atoms with Crippen molar-refractivity contribution in [2.75, 3.05) is 7.05 Å². The lowest BCUT2D eigenvalue weighted by molar-refractivity contribution is -0.132. The first-order chi connectivity index (χ1) is 10.7. The van der Waals surface area contributed by atoms with E-state index in [4.69, 9.17) is 0 Å². The van der Waals surface area contributed by atoms with Gasteiger partial charge in [0.1, 0.15) is 0 Å². The average Bonchev–Trinajstić information content (AvgIpc) is 2.59. The normalized spacial score (nSPS) is 16.9. The number of hydrogen-bond acceptors (Lipinski definition) is 2. The summed E-state index contributed by atoms with van der Waals surface area (Å²) in [6, 6.07) is 12.9. The fourth-order valence-corrected chi connectivity index (χ4v) is 3.19. The second-order valence-corrected chi connectivity index (χ2v) is 6.03. The lowest BCUT2D eigenvalue weighted by Gasteiger charge is -2.32. The highest BCUT2D eigenvalue weighted by molar-refractivity contribution is 5.76. The molecule has 3 rings (SSSR count). The molecule has 0 aliphatic heterocycles. The van der Waals surface area contributed by atoms with Crippen LogP contribution >= 0.6 is 0 Å². The van der Waals surface area contributed by atoms with Gasteiger partial charge in [-0.2, -0.15) is 0 Å². The van der Waals surface area contributed by atoms with Gasteiger partial charge in [-0.05, 0) is 48.4 Å². The second kappa shape index (κ2) is 6.73. The largest absolute Gasteiger partial charge is 0.342 e. The van der Waals surface area contributed by atoms with Gasteiger partial charge >= 0.3 is 0 Å². The van der Waals surface area contributed by atoms with Crippen molar-refractivity contribution in [2.24, 2.45) is 0 Å². The quantitative estimate of drug-likeness (QED) is 0.868. The second-order valence-electron chi connectivity index (χ2n) is 6.03. The van der Waals surface area contributed by atoms with E-state index in [0.29, 0.717) is 12.5 Å². The molecule has 2 aromatic rings. The molecular weight excluding hydrogens is 272 g/mol. The molecule has 1 aromatic carbocycles. The summed E-state index contributed by atoms with van der Waals surface area (Å²) in [6.45, 7) is 0. The van der Waals surface area contributed by atoms with Gasteiger partial charge in [0.25, 0.3) is 0 Å². The maximum Gasteiger partial charge on any atom is 0.222 e. The summed E-state index contributed by atoms with van der Waals surface area (Å²) in [5.41, 5.74) is 3.96. The van der Waals surface area contributed by atoms with Crippen molar-refractivity contribution in [1.29, 1.82) is 0 Å². The number of pyridine rings is 1. The molecule has 1 atom stereocenters. The van der Waals surface area contributed by atoms with Gasteiger partial charge in [0.05, 0.1) is 0 Å². The van der Waals surface area contributed by atoms with Crippen LogP contribution in [-0.2, 0) is 24.1 Å². The Labute approximate surface area is 132 Å². The summed E-state index contributed by atoms with van der Waals surface area (Å²) in [6.07, 6.45) is 8.03. The van der Waals surface area contributed by atoms with E-state index >= 15 is 0 Å². The Morgan fingerprint density at radius 3 is 2.82 bits per heavy atom. The Kier molecular flexibility index (Phi) is 4.52. The van der Waals surface area contributed by atoms with Crippen LogP contribution in [0.15, 0.2) is 48.8 Å². The smallest absolute Gasteiger partial charge is 0.222 e. The molecule has 1 aromatic heterocycles. The summed E-state index contributed by atoms with van der Waals surface area (Å²) < 4.78 is 0. The van der Waals surface area contributed by atoms with Gasteiger partial charge in [-0.3, -0.25) is 9.78 Å². The molecule has 0 saturated heterocycles. The molecule has 0 saturated carbocycles. The summed E-state index contributed by atoms with van der Waals surface area (Å²) in [7, 11) is 1.95. The minimum absolute atomic E-state index is 0.230. The SMILES string of the molecule is CN(C(=O)CCc1cccnc1)[C@H]1CCc2ccccc2C1. The number of likely N-dealkylation sites (N-methyl/N-ethyl adjacent to an activating group) is 1. The summed E-state index contributed by atoms with van der Waals surface area (Å²) in [5.74, 6) is 0.230. The average molecular weight is 294 g/mol. The van der Waals surface area contributed by atoms with Crippen LogP contribution in [0.4, 0.5) is 0 Å². The molecule has 22 heavy (non-hydrogen) atoms. The van der Waals surface area contributed by atoms with E-state index in [0.717, 1.165) is 31.2 Å². The van der Waals surface area contributed by atoms with Crippen LogP contribution in [-0.4, -0.2) is 28.9 Å². The van der Waals surface area contributed by atoms with E-state index < -0.39 is 0 Å². The Morgan fingerprint density at radius 1 is 1.23 bits per heavy atom. The number of carbonyl (C=O) groups is 1. The van der Waals surface area contributed by atoms with Crippen molar-refractivity contribution in [3.63, 3.8) is 0 Å². The van der Waals surface area contributed by atoms with Gasteiger partial charge in [0.15, 0.2) is 0 Å². The van der Waals surface area contributed by atoms with Gasteiger partial charge in [0.2, 0.25) is 5.91 Å². The Balaban J connectivity index is 1.57. The zero-order valence-electron chi connectivity index (χ0n) is 13.0. The first-order valence-corrected chi connectivity index (χ1v) is 7.95. The van der Waals surface area contributed by atoms with Crippen LogP contribution < -0.4 is 0 Å². The standard InChI is InChI=1S/C19H22N2O/c1-21(19(22)11-8-15-5-4-12-20-14-15)18-10-9-16-6-2-3-7-17(16)13-18/h2-7,12,14,18H,8-11,13H2,1H3/t18-/m0/s1. The van der Waals surface area contributed by atoms with Crippen molar-refractivity contribution >= 4 is 5.91 Å². The molecule has 1 aliphatic rings. The van der Waals surface area contributed by atoms with Gasteiger partial charge < -0.3 is 4.90 Å². The van der Waals surface area contributed by atoms with Crippen LogP contribution in [0.5, 0.6) is 0 Å². The minimum atomic E-state index is 0.230. The van der Waals surface area contributed by atoms with Crippen LogP contribution in [0, 0.1) is 0 Å². The third-order valence-electron chi connectivity index (χ3n) is 4.61. The maximum atomic E-state index is 12.4. The third-order valence-corrected chi connectivity index (χ3v) is 4.61. The molecule has 3 nitrogen and oxygen atoms in total. The maximum absolute atomic E-state index is 12.4. The molecule has 0 N–H and O–H groups in total. The molecule has 0 bridgehead atoms. The molecular formula is C19H22N2O. The number of benzene rings is 1. The first-order valence-electron chi connectivity index (χ1n) is 7.95. The molecule has 0 fully saturated rings. The number of hydrogen-bond donors (Lipinski definition) is 0. The molecule has 1 heterocycles. The number of aryl methyl sites for hydroxylation is 2. The molecule has 0 unspecified atom stereocenters. The van der Waals surface area contributed by atoms with E-state index in [1.54, 1.807) is 6.20 Å².